The third-order valence-corrected chi connectivity index (χ3v) is 6.46. The molecular weight excluding hydrogens is 311 g/mol. The highest BCUT2D eigenvalue weighted by Crippen LogP contribution is 2.53. The van der Waals surface area contributed by atoms with Crippen molar-refractivity contribution < 1.29 is 18.5 Å². The summed E-state index contributed by atoms with van der Waals surface area (Å²) in [5.74, 6) is 0.374. The smallest absolute Gasteiger partial charge is 0.302 e. The summed E-state index contributed by atoms with van der Waals surface area (Å²) in [4.78, 5) is 10.2. The Bertz CT molecular complexity index is 347. The molecule has 1 N–H and O–H groups in total. The van der Waals surface area contributed by atoms with Crippen LogP contribution in [0.25, 0.3) is 0 Å². The topological polar surface area (TPSA) is 55.8 Å². The summed E-state index contributed by atoms with van der Waals surface area (Å²) in [7, 11) is -4.11. The maximum Gasteiger partial charge on any atom is 0.473 e. The highest BCUT2D eigenvalue weighted by molar-refractivity contribution is 7.47. The highest BCUT2D eigenvalue weighted by Gasteiger charge is 2.41. The van der Waals surface area contributed by atoms with Crippen LogP contribution in [-0.4, -0.2) is 16.1 Å². The second-order valence-corrected chi connectivity index (χ2v) is 9.25. The second-order valence-electron chi connectivity index (χ2n) is 7.94. The molecule has 0 rings (SSSR count). The summed E-state index contributed by atoms with van der Waals surface area (Å²) in [5.41, 5.74) is -1.38. The zero-order valence-corrected chi connectivity index (χ0v) is 17.4. The van der Waals surface area contributed by atoms with Gasteiger partial charge < -0.3 is 4.89 Å². The van der Waals surface area contributed by atoms with Gasteiger partial charge in [0, 0.05) is 0 Å². The molecule has 0 aliphatic heterocycles. The van der Waals surface area contributed by atoms with Crippen LogP contribution in [0.15, 0.2) is 0 Å². The van der Waals surface area contributed by atoms with Crippen LogP contribution in [-0.2, 0) is 13.6 Å². The first-order chi connectivity index (χ1) is 10.4. The minimum absolute atomic E-state index is 0.187. The van der Waals surface area contributed by atoms with Gasteiger partial charge in [0.05, 0.1) is 11.2 Å². The molecule has 0 aromatic rings. The molecule has 0 spiro atoms. The molecule has 2 unspecified atom stereocenters. The molecule has 0 aromatic heterocycles. The Morgan fingerprint density at radius 2 is 1.17 bits per heavy atom. The van der Waals surface area contributed by atoms with Crippen molar-refractivity contribution in [2.24, 2.45) is 11.8 Å². The Hall–Kier alpha value is 0.110. The average molecular weight is 350 g/mol. The predicted molar refractivity (Wildman–Crippen MR) is 97.5 cm³/mol. The van der Waals surface area contributed by atoms with Gasteiger partial charge in [-0.25, -0.2) is 4.57 Å². The van der Waals surface area contributed by atoms with Crippen molar-refractivity contribution in [3.8, 4) is 0 Å². The lowest BCUT2D eigenvalue weighted by atomic mass is 9.88. The Kier molecular flexibility index (Phi) is 9.60. The lowest BCUT2D eigenvalue weighted by molar-refractivity contribution is -0.0390. The van der Waals surface area contributed by atoms with Crippen LogP contribution in [0.5, 0.6) is 0 Å². The lowest BCUT2D eigenvalue weighted by Gasteiger charge is -2.37. The monoisotopic (exact) mass is 350 g/mol. The Labute approximate surface area is 144 Å². The van der Waals surface area contributed by atoms with Gasteiger partial charge >= 0.3 is 7.82 Å². The molecular formula is C18H39O4P. The largest absolute Gasteiger partial charge is 0.473 e. The molecule has 0 amide bonds. The number of rotatable bonds is 12. The first-order valence-electron chi connectivity index (χ1n) is 9.12. The van der Waals surface area contributed by atoms with E-state index in [4.69, 9.17) is 9.05 Å². The lowest BCUT2D eigenvalue weighted by Crippen LogP contribution is -2.36. The van der Waals surface area contributed by atoms with Crippen LogP contribution < -0.4 is 0 Å². The number of hydrogen-bond acceptors (Lipinski definition) is 3. The second kappa shape index (κ2) is 9.56. The fourth-order valence-corrected chi connectivity index (χ4v) is 4.10. The van der Waals surface area contributed by atoms with Crippen LogP contribution in [0.3, 0.4) is 0 Å². The van der Waals surface area contributed by atoms with Crippen molar-refractivity contribution in [3.63, 3.8) is 0 Å². The van der Waals surface area contributed by atoms with Crippen molar-refractivity contribution in [1.29, 1.82) is 0 Å². The van der Waals surface area contributed by atoms with Gasteiger partial charge in [-0.15, -0.1) is 0 Å². The molecule has 0 fully saturated rings. The Morgan fingerprint density at radius 3 is 1.43 bits per heavy atom. The van der Waals surface area contributed by atoms with E-state index in [2.05, 4.69) is 27.7 Å². The summed E-state index contributed by atoms with van der Waals surface area (Å²) in [6, 6.07) is 0. The molecule has 0 aliphatic rings. The van der Waals surface area contributed by atoms with E-state index in [-0.39, 0.29) is 11.8 Å². The molecule has 5 heteroatoms. The van der Waals surface area contributed by atoms with Crippen LogP contribution in [0.4, 0.5) is 0 Å². The van der Waals surface area contributed by atoms with Gasteiger partial charge in [0.25, 0.3) is 0 Å². The number of phosphoric ester groups is 1. The van der Waals surface area contributed by atoms with E-state index in [0.29, 0.717) is 0 Å². The van der Waals surface area contributed by atoms with Crippen molar-refractivity contribution in [1.82, 2.24) is 0 Å². The molecule has 0 saturated heterocycles. The number of unbranched alkanes of at least 4 members (excludes halogenated alkanes) is 2. The quantitative estimate of drug-likeness (QED) is 0.418. The summed E-state index contributed by atoms with van der Waals surface area (Å²) in [6.07, 6.45) is 6.33. The van der Waals surface area contributed by atoms with Gasteiger partial charge in [0.15, 0.2) is 0 Å². The number of phosphoric acid groups is 1. The van der Waals surface area contributed by atoms with Gasteiger partial charge in [-0.05, 0) is 52.4 Å². The third kappa shape index (κ3) is 8.67. The maximum absolute atomic E-state index is 12.5. The maximum atomic E-state index is 12.5. The average Bonchev–Trinajstić information content (AvgIpc) is 2.39. The normalized spacial score (nSPS) is 18.5. The van der Waals surface area contributed by atoms with Crippen LogP contribution in [0.2, 0.25) is 0 Å². The summed E-state index contributed by atoms with van der Waals surface area (Å²) >= 11 is 0. The molecule has 0 radical (unpaired) electrons. The van der Waals surface area contributed by atoms with E-state index in [1.165, 1.54) is 0 Å². The van der Waals surface area contributed by atoms with E-state index in [9.17, 15) is 9.46 Å². The fourth-order valence-electron chi connectivity index (χ4n) is 2.51. The predicted octanol–water partition coefficient (Wildman–Crippen LogP) is 6.33. The standard InChI is InChI=1S/C18H39O4P/c1-9-11-13-15(3)17(5,6)21-23(19,20)22-18(7,8)16(4)14-12-10-2/h15-16H,9-14H2,1-8H3,(H,19,20). The van der Waals surface area contributed by atoms with Gasteiger partial charge in [-0.1, -0.05) is 53.4 Å². The van der Waals surface area contributed by atoms with Crippen molar-refractivity contribution in [2.45, 2.75) is 105 Å². The molecule has 0 bridgehead atoms. The van der Waals surface area contributed by atoms with E-state index in [1.54, 1.807) is 0 Å². The Balaban J connectivity index is 4.82. The number of hydrogen-bond donors (Lipinski definition) is 1. The molecule has 4 nitrogen and oxygen atoms in total. The van der Waals surface area contributed by atoms with E-state index < -0.39 is 19.0 Å². The van der Waals surface area contributed by atoms with Gasteiger partial charge in [-0.3, -0.25) is 9.05 Å². The molecule has 0 saturated carbocycles. The van der Waals surface area contributed by atoms with Gasteiger partial charge in [0.2, 0.25) is 0 Å². The fraction of sp³-hybridized carbons (Fsp3) is 1.00. The van der Waals surface area contributed by atoms with Crippen molar-refractivity contribution >= 4 is 7.82 Å². The van der Waals surface area contributed by atoms with Crippen molar-refractivity contribution in [3.05, 3.63) is 0 Å². The summed E-state index contributed by atoms with van der Waals surface area (Å²) < 4.78 is 23.6. The van der Waals surface area contributed by atoms with E-state index in [1.807, 2.05) is 27.7 Å². The summed E-state index contributed by atoms with van der Waals surface area (Å²) in [5, 5.41) is 0. The molecule has 2 atom stereocenters. The van der Waals surface area contributed by atoms with Crippen LogP contribution in [0, 0.1) is 11.8 Å². The Morgan fingerprint density at radius 1 is 0.870 bits per heavy atom. The van der Waals surface area contributed by atoms with Crippen LogP contribution >= 0.6 is 7.82 Å². The zero-order valence-electron chi connectivity index (χ0n) is 16.5. The molecule has 23 heavy (non-hydrogen) atoms. The molecule has 140 valence electrons. The minimum Gasteiger partial charge on any atom is -0.302 e. The van der Waals surface area contributed by atoms with E-state index >= 15 is 0 Å². The first-order valence-corrected chi connectivity index (χ1v) is 10.6. The summed E-state index contributed by atoms with van der Waals surface area (Å²) in [6.45, 7) is 15.9. The van der Waals surface area contributed by atoms with Crippen molar-refractivity contribution in [2.75, 3.05) is 0 Å². The van der Waals surface area contributed by atoms with Crippen LogP contribution in [0.1, 0.15) is 93.9 Å². The molecule has 0 heterocycles. The minimum atomic E-state index is -4.11. The third-order valence-electron chi connectivity index (χ3n) is 5.06. The first kappa shape index (κ1) is 23.1. The van der Waals surface area contributed by atoms with E-state index in [0.717, 1.165) is 38.5 Å². The van der Waals surface area contributed by atoms with Gasteiger partial charge in [-0.2, -0.15) is 0 Å². The molecule has 0 aromatic carbocycles. The SMILES string of the molecule is CCCCC(C)C(C)(C)OP(=O)(O)OC(C)(C)C(C)CCCC. The van der Waals surface area contributed by atoms with Gasteiger partial charge in [0.1, 0.15) is 0 Å². The molecule has 0 aliphatic carbocycles. The zero-order chi connectivity index (χ0) is 18.3. The highest BCUT2D eigenvalue weighted by atomic mass is 31.2.